The van der Waals surface area contributed by atoms with Crippen LogP contribution >= 0.6 is 0 Å². The molecule has 0 saturated heterocycles. The molecule has 0 radical (unpaired) electrons. The molecule has 3 N–H and O–H groups in total. The average molecular weight is 303 g/mol. The van der Waals surface area contributed by atoms with E-state index in [9.17, 15) is 16.8 Å². The first-order valence-electron chi connectivity index (χ1n) is 5.25. The molecule has 0 aliphatic rings. The highest BCUT2D eigenvalue weighted by molar-refractivity contribution is 7.93. The zero-order chi connectivity index (χ0) is 14.7. The van der Waals surface area contributed by atoms with E-state index < -0.39 is 25.3 Å². The molecule has 0 amide bonds. The van der Waals surface area contributed by atoms with Crippen molar-refractivity contribution in [2.24, 2.45) is 5.14 Å². The van der Waals surface area contributed by atoms with Crippen molar-refractivity contribution in [3.05, 3.63) is 24.3 Å². The highest BCUT2D eigenvalue weighted by atomic mass is 32.2. The summed E-state index contributed by atoms with van der Waals surface area (Å²) >= 11 is 0. The highest BCUT2D eigenvalue weighted by Crippen LogP contribution is 2.16. The molecule has 1 rings (SSSR count). The second kappa shape index (κ2) is 5.56. The first-order chi connectivity index (χ1) is 8.70. The lowest BCUT2D eigenvalue weighted by molar-refractivity contribution is 0.592. The molecule has 0 heterocycles. The van der Waals surface area contributed by atoms with Crippen molar-refractivity contribution in [3.8, 4) is 6.07 Å². The molecular weight excluding hydrogens is 290 g/mol. The Bertz CT molecular complexity index is 687. The molecule has 0 aliphatic carbocycles. The molecule has 104 valence electrons. The van der Waals surface area contributed by atoms with Crippen molar-refractivity contribution in [1.82, 2.24) is 0 Å². The Hall–Kier alpha value is -1.63. The van der Waals surface area contributed by atoms with Gasteiger partial charge in [-0.25, -0.2) is 22.0 Å². The topological polar surface area (TPSA) is 130 Å². The normalized spacial score (nSPS) is 13.5. The van der Waals surface area contributed by atoms with Crippen LogP contribution in [-0.2, 0) is 20.0 Å². The predicted molar refractivity (Wildman–Crippen MR) is 70.0 cm³/mol. The third-order valence-corrected chi connectivity index (χ3v) is 4.97. The standard InChI is InChI=1S/C10H13N3O4S2/c1-2-9(7-11)19(16,17)13-8-3-5-10(6-4-8)18(12,14)15/h3-6,9,13H,2H2,1H3,(H2,12,14,15). The summed E-state index contributed by atoms with van der Waals surface area (Å²) in [4.78, 5) is -0.122. The Labute approximate surface area is 112 Å². The van der Waals surface area contributed by atoms with E-state index in [4.69, 9.17) is 10.4 Å². The van der Waals surface area contributed by atoms with Crippen LogP contribution in [0, 0.1) is 11.3 Å². The summed E-state index contributed by atoms with van der Waals surface area (Å²) in [6.07, 6.45) is 0.154. The maximum atomic E-state index is 11.8. The van der Waals surface area contributed by atoms with Gasteiger partial charge in [-0.3, -0.25) is 4.72 Å². The van der Waals surface area contributed by atoms with Gasteiger partial charge >= 0.3 is 0 Å². The second-order valence-electron chi connectivity index (χ2n) is 3.74. The molecule has 1 aromatic carbocycles. The number of anilines is 1. The van der Waals surface area contributed by atoms with E-state index in [1.54, 1.807) is 13.0 Å². The molecule has 7 nitrogen and oxygen atoms in total. The van der Waals surface area contributed by atoms with E-state index in [1.165, 1.54) is 24.3 Å². The van der Waals surface area contributed by atoms with Crippen LogP contribution in [0.1, 0.15) is 13.3 Å². The minimum Gasteiger partial charge on any atom is -0.282 e. The van der Waals surface area contributed by atoms with E-state index in [0.29, 0.717) is 0 Å². The maximum Gasteiger partial charge on any atom is 0.249 e. The largest absolute Gasteiger partial charge is 0.282 e. The number of primary sulfonamides is 1. The zero-order valence-electron chi connectivity index (χ0n) is 10.1. The number of hydrogen-bond acceptors (Lipinski definition) is 5. The molecule has 1 aromatic rings. The smallest absolute Gasteiger partial charge is 0.249 e. The van der Waals surface area contributed by atoms with Crippen LogP contribution in [-0.4, -0.2) is 22.1 Å². The predicted octanol–water partition coefficient (Wildman–Crippen LogP) is 0.378. The van der Waals surface area contributed by atoms with Crippen molar-refractivity contribution in [3.63, 3.8) is 0 Å². The maximum absolute atomic E-state index is 11.8. The number of nitrogens with zero attached hydrogens (tertiary/aromatic N) is 1. The minimum absolute atomic E-state index is 0.122. The third kappa shape index (κ3) is 3.92. The summed E-state index contributed by atoms with van der Waals surface area (Å²) in [6, 6.07) is 6.57. The molecule has 0 bridgehead atoms. The molecule has 1 atom stereocenters. The van der Waals surface area contributed by atoms with E-state index in [1.807, 2.05) is 0 Å². The summed E-state index contributed by atoms with van der Waals surface area (Å²) < 4.78 is 47.8. The lowest BCUT2D eigenvalue weighted by Crippen LogP contribution is -2.25. The van der Waals surface area contributed by atoms with Gasteiger partial charge < -0.3 is 0 Å². The monoisotopic (exact) mass is 303 g/mol. The fourth-order valence-corrected chi connectivity index (χ4v) is 3.03. The molecule has 19 heavy (non-hydrogen) atoms. The Morgan fingerprint density at radius 1 is 1.26 bits per heavy atom. The van der Waals surface area contributed by atoms with Crippen LogP contribution in [0.3, 0.4) is 0 Å². The van der Waals surface area contributed by atoms with Crippen LogP contribution < -0.4 is 9.86 Å². The van der Waals surface area contributed by atoms with Gasteiger partial charge in [-0.05, 0) is 30.7 Å². The third-order valence-electron chi connectivity index (χ3n) is 2.33. The molecule has 0 saturated carbocycles. The minimum atomic E-state index is -3.82. The molecule has 9 heteroatoms. The van der Waals surface area contributed by atoms with E-state index >= 15 is 0 Å². The lowest BCUT2D eigenvalue weighted by Gasteiger charge is -2.11. The molecular formula is C10H13N3O4S2. The first kappa shape index (κ1) is 15.4. The molecule has 0 spiro atoms. The number of benzene rings is 1. The fraction of sp³-hybridized carbons (Fsp3) is 0.300. The number of nitriles is 1. The van der Waals surface area contributed by atoms with Gasteiger partial charge in [0.1, 0.15) is 0 Å². The fourth-order valence-electron chi connectivity index (χ4n) is 1.33. The first-order valence-corrected chi connectivity index (χ1v) is 8.34. The highest BCUT2D eigenvalue weighted by Gasteiger charge is 2.23. The van der Waals surface area contributed by atoms with Crippen LogP contribution in [0.25, 0.3) is 0 Å². The Balaban J connectivity index is 3.00. The summed E-state index contributed by atoms with van der Waals surface area (Å²) in [5.74, 6) is 0. The molecule has 0 aliphatic heterocycles. The Morgan fingerprint density at radius 3 is 2.16 bits per heavy atom. The van der Waals surface area contributed by atoms with E-state index in [2.05, 4.69) is 4.72 Å². The SMILES string of the molecule is CCC(C#N)S(=O)(=O)Nc1ccc(S(N)(=O)=O)cc1. The van der Waals surface area contributed by atoms with Gasteiger partial charge in [-0.2, -0.15) is 5.26 Å². The van der Waals surface area contributed by atoms with Gasteiger partial charge in [0.05, 0.1) is 11.0 Å². The van der Waals surface area contributed by atoms with Gasteiger partial charge in [0, 0.05) is 5.69 Å². The summed E-state index contributed by atoms with van der Waals surface area (Å²) in [5.41, 5.74) is 0.168. The van der Waals surface area contributed by atoms with E-state index in [-0.39, 0.29) is 17.0 Å². The summed E-state index contributed by atoms with van der Waals surface area (Å²) in [5, 5.41) is 12.5. The number of nitrogens with one attached hydrogen (secondary N) is 1. The van der Waals surface area contributed by atoms with Crippen LogP contribution in [0.5, 0.6) is 0 Å². The second-order valence-corrected chi connectivity index (χ2v) is 7.17. The summed E-state index contributed by atoms with van der Waals surface area (Å²) in [6.45, 7) is 1.58. The van der Waals surface area contributed by atoms with Gasteiger partial charge in [-0.15, -0.1) is 0 Å². The van der Waals surface area contributed by atoms with Crippen LogP contribution in [0.4, 0.5) is 5.69 Å². The van der Waals surface area contributed by atoms with Crippen molar-refractivity contribution in [2.45, 2.75) is 23.5 Å². The van der Waals surface area contributed by atoms with Crippen molar-refractivity contribution in [2.75, 3.05) is 4.72 Å². The Morgan fingerprint density at radius 2 is 1.79 bits per heavy atom. The van der Waals surface area contributed by atoms with Crippen LogP contribution in [0.2, 0.25) is 0 Å². The zero-order valence-corrected chi connectivity index (χ0v) is 11.7. The quantitative estimate of drug-likeness (QED) is 0.812. The lowest BCUT2D eigenvalue weighted by atomic mass is 10.3. The Kier molecular flexibility index (Phi) is 4.52. The number of sulfonamides is 2. The average Bonchev–Trinajstić information content (AvgIpc) is 2.29. The molecule has 0 fully saturated rings. The number of rotatable bonds is 5. The van der Waals surface area contributed by atoms with Gasteiger partial charge in [0.15, 0.2) is 5.25 Å². The number of hydrogen-bond donors (Lipinski definition) is 2. The summed E-state index contributed by atoms with van der Waals surface area (Å²) in [7, 11) is -7.63. The van der Waals surface area contributed by atoms with Crippen molar-refractivity contribution in [1.29, 1.82) is 5.26 Å². The number of nitrogens with two attached hydrogens (primary N) is 1. The van der Waals surface area contributed by atoms with Crippen molar-refractivity contribution >= 4 is 25.7 Å². The molecule has 0 aromatic heterocycles. The van der Waals surface area contributed by atoms with E-state index in [0.717, 1.165) is 0 Å². The molecule has 1 unspecified atom stereocenters. The van der Waals surface area contributed by atoms with Gasteiger partial charge in [0.25, 0.3) is 0 Å². The van der Waals surface area contributed by atoms with Gasteiger partial charge in [0.2, 0.25) is 20.0 Å². The van der Waals surface area contributed by atoms with Crippen molar-refractivity contribution < 1.29 is 16.8 Å². The van der Waals surface area contributed by atoms with Gasteiger partial charge in [-0.1, -0.05) is 6.92 Å². The van der Waals surface area contributed by atoms with Crippen LogP contribution in [0.15, 0.2) is 29.2 Å².